The minimum Gasteiger partial charge on any atom is -0.481 e. The number of hydrogen-bond donors (Lipinski definition) is 2. The van der Waals surface area contributed by atoms with E-state index in [1.807, 2.05) is 6.92 Å². The molecule has 0 aromatic heterocycles. The van der Waals surface area contributed by atoms with Gasteiger partial charge in [0.1, 0.15) is 5.82 Å². The van der Waals surface area contributed by atoms with Crippen LogP contribution in [0.15, 0.2) is 18.2 Å². The zero-order valence-corrected chi connectivity index (χ0v) is 11.7. The summed E-state index contributed by atoms with van der Waals surface area (Å²) in [6, 6.07) is 3.65. The van der Waals surface area contributed by atoms with E-state index >= 15 is 0 Å². The Balaban J connectivity index is 2.13. The van der Waals surface area contributed by atoms with Gasteiger partial charge in [0.25, 0.3) is 0 Å². The van der Waals surface area contributed by atoms with Crippen LogP contribution >= 0.6 is 11.6 Å². The minimum atomic E-state index is -0.959. The Morgan fingerprint density at radius 2 is 2.00 bits per heavy atom. The van der Waals surface area contributed by atoms with Crippen molar-refractivity contribution < 1.29 is 19.1 Å². The van der Waals surface area contributed by atoms with Gasteiger partial charge in [-0.15, -0.1) is 0 Å². The number of benzene rings is 1. The molecule has 0 spiro atoms. The van der Waals surface area contributed by atoms with E-state index in [0.717, 1.165) is 6.07 Å². The summed E-state index contributed by atoms with van der Waals surface area (Å²) in [5.41, 5.74) is 0.293. The van der Waals surface area contributed by atoms with Gasteiger partial charge in [0.15, 0.2) is 0 Å². The van der Waals surface area contributed by atoms with Crippen LogP contribution in [0.3, 0.4) is 0 Å². The van der Waals surface area contributed by atoms with Gasteiger partial charge >= 0.3 is 5.97 Å². The number of carboxylic acids is 1. The Labute approximate surface area is 120 Å². The molecule has 3 unspecified atom stereocenters. The molecule has 0 bridgehead atoms. The maximum absolute atomic E-state index is 12.9. The van der Waals surface area contributed by atoms with Gasteiger partial charge < -0.3 is 10.4 Å². The summed E-state index contributed by atoms with van der Waals surface area (Å²) in [7, 11) is 0. The summed E-state index contributed by atoms with van der Waals surface area (Å²) < 4.78 is 12.9. The van der Waals surface area contributed by atoms with E-state index in [1.165, 1.54) is 12.1 Å². The average molecular weight is 300 g/mol. The van der Waals surface area contributed by atoms with Crippen LogP contribution in [0.4, 0.5) is 10.1 Å². The van der Waals surface area contributed by atoms with Crippen LogP contribution in [0, 0.1) is 23.6 Å². The van der Waals surface area contributed by atoms with Crippen LogP contribution in [0.1, 0.15) is 19.8 Å². The first kappa shape index (κ1) is 14.8. The molecule has 4 nitrogen and oxygen atoms in total. The predicted octanol–water partition coefficient (Wildman–Crippen LogP) is 3.16. The summed E-state index contributed by atoms with van der Waals surface area (Å²) in [4.78, 5) is 23.4. The zero-order chi connectivity index (χ0) is 14.9. The molecule has 1 saturated carbocycles. The van der Waals surface area contributed by atoms with Crippen molar-refractivity contribution >= 4 is 29.2 Å². The monoisotopic (exact) mass is 299 g/mol. The van der Waals surface area contributed by atoms with Crippen LogP contribution < -0.4 is 5.32 Å². The predicted molar refractivity (Wildman–Crippen MR) is 73.1 cm³/mol. The number of carboxylic acid groups (broad SMARTS) is 1. The minimum absolute atomic E-state index is 0.0938. The number of rotatable bonds is 3. The van der Waals surface area contributed by atoms with E-state index in [9.17, 15) is 14.0 Å². The molecule has 2 N–H and O–H groups in total. The number of aliphatic carboxylic acids is 1. The van der Waals surface area contributed by atoms with E-state index in [0.29, 0.717) is 18.5 Å². The second-order valence-electron chi connectivity index (χ2n) is 5.24. The second kappa shape index (κ2) is 5.79. The highest BCUT2D eigenvalue weighted by Crippen LogP contribution is 2.37. The average Bonchev–Trinajstić information content (AvgIpc) is 2.75. The zero-order valence-electron chi connectivity index (χ0n) is 10.9. The summed E-state index contributed by atoms with van der Waals surface area (Å²) >= 11 is 5.84. The Morgan fingerprint density at radius 3 is 2.60 bits per heavy atom. The van der Waals surface area contributed by atoms with Crippen molar-refractivity contribution in [3.8, 4) is 0 Å². The molecule has 2 rings (SSSR count). The summed E-state index contributed by atoms with van der Waals surface area (Å²) in [5, 5.41) is 11.8. The van der Waals surface area contributed by atoms with Crippen molar-refractivity contribution in [3.05, 3.63) is 29.0 Å². The van der Waals surface area contributed by atoms with Crippen LogP contribution in [0.25, 0.3) is 0 Å². The molecule has 0 heterocycles. The molecule has 1 aromatic carbocycles. The highest BCUT2D eigenvalue weighted by Gasteiger charge is 2.41. The highest BCUT2D eigenvalue weighted by molar-refractivity contribution is 6.33. The Bertz CT molecular complexity index is 549. The van der Waals surface area contributed by atoms with Gasteiger partial charge in [-0.05, 0) is 37.0 Å². The first-order chi connectivity index (χ1) is 9.38. The lowest BCUT2D eigenvalue weighted by Crippen LogP contribution is -2.30. The SMILES string of the molecule is CC1CC(C(=O)O)C(C(=O)Nc2ccc(F)cc2Cl)C1. The Kier molecular flexibility index (Phi) is 4.28. The van der Waals surface area contributed by atoms with Crippen molar-refractivity contribution in [1.29, 1.82) is 0 Å². The van der Waals surface area contributed by atoms with E-state index in [1.54, 1.807) is 0 Å². The highest BCUT2D eigenvalue weighted by atomic mass is 35.5. The number of halogens is 2. The quantitative estimate of drug-likeness (QED) is 0.901. The molecule has 1 amide bonds. The third-order valence-electron chi connectivity index (χ3n) is 3.64. The van der Waals surface area contributed by atoms with E-state index in [-0.39, 0.29) is 16.8 Å². The molecule has 6 heteroatoms. The second-order valence-corrected chi connectivity index (χ2v) is 5.65. The van der Waals surface area contributed by atoms with Gasteiger partial charge in [0.05, 0.1) is 22.5 Å². The van der Waals surface area contributed by atoms with Crippen molar-refractivity contribution in [3.63, 3.8) is 0 Å². The number of hydrogen-bond acceptors (Lipinski definition) is 2. The molecular formula is C14H15ClFNO3. The number of anilines is 1. The van der Waals surface area contributed by atoms with Gasteiger partial charge in [-0.3, -0.25) is 9.59 Å². The van der Waals surface area contributed by atoms with Crippen molar-refractivity contribution in [2.75, 3.05) is 5.32 Å². The van der Waals surface area contributed by atoms with Gasteiger partial charge in [-0.1, -0.05) is 18.5 Å². The van der Waals surface area contributed by atoms with Crippen molar-refractivity contribution in [2.45, 2.75) is 19.8 Å². The Hall–Kier alpha value is -1.62. The Morgan fingerprint density at radius 1 is 1.35 bits per heavy atom. The van der Waals surface area contributed by atoms with Crippen LogP contribution in [-0.2, 0) is 9.59 Å². The van der Waals surface area contributed by atoms with E-state index in [4.69, 9.17) is 16.7 Å². The normalized spacial score (nSPS) is 25.4. The molecule has 0 radical (unpaired) electrons. The molecule has 0 saturated heterocycles. The number of nitrogens with one attached hydrogen (secondary N) is 1. The smallest absolute Gasteiger partial charge is 0.307 e. The lowest BCUT2D eigenvalue weighted by Gasteiger charge is -2.16. The van der Waals surface area contributed by atoms with Crippen molar-refractivity contribution in [1.82, 2.24) is 0 Å². The molecule has 1 aliphatic rings. The first-order valence-electron chi connectivity index (χ1n) is 6.37. The van der Waals surface area contributed by atoms with Gasteiger partial charge in [0.2, 0.25) is 5.91 Å². The van der Waals surface area contributed by atoms with Crippen LogP contribution in [0.2, 0.25) is 5.02 Å². The van der Waals surface area contributed by atoms with Crippen LogP contribution in [-0.4, -0.2) is 17.0 Å². The number of carbonyl (C=O) groups is 2. The summed E-state index contributed by atoms with van der Waals surface area (Å²) in [6.07, 6.45) is 1.02. The van der Waals surface area contributed by atoms with Crippen molar-refractivity contribution in [2.24, 2.45) is 17.8 Å². The third-order valence-corrected chi connectivity index (χ3v) is 3.95. The molecule has 108 valence electrons. The number of amides is 1. The summed E-state index contributed by atoms with van der Waals surface area (Å²) in [5.74, 6) is -2.90. The molecule has 1 aliphatic carbocycles. The van der Waals surface area contributed by atoms with Gasteiger partial charge in [0, 0.05) is 0 Å². The lowest BCUT2D eigenvalue weighted by molar-refractivity contribution is -0.145. The van der Waals surface area contributed by atoms with Crippen LogP contribution in [0.5, 0.6) is 0 Å². The molecular weight excluding hydrogens is 285 g/mol. The fraction of sp³-hybridized carbons (Fsp3) is 0.429. The fourth-order valence-corrected chi connectivity index (χ4v) is 2.89. The lowest BCUT2D eigenvalue weighted by atomic mass is 9.95. The van der Waals surface area contributed by atoms with E-state index < -0.39 is 23.6 Å². The van der Waals surface area contributed by atoms with Gasteiger partial charge in [-0.25, -0.2) is 4.39 Å². The first-order valence-corrected chi connectivity index (χ1v) is 6.75. The maximum atomic E-state index is 12.9. The molecule has 3 atom stereocenters. The molecule has 20 heavy (non-hydrogen) atoms. The standard InChI is InChI=1S/C14H15ClFNO3/c1-7-4-9(10(5-7)14(19)20)13(18)17-12-3-2-8(16)6-11(12)15/h2-3,6-7,9-10H,4-5H2,1H3,(H,17,18)(H,19,20). The molecule has 0 aliphatic heterocycles. The van der Waals surface area contributed by atoms with Gasteiger partial charge in [-0.2, -0.15) is 0 Å². The molecule has 1 aromatic rings. The van der Waals surface area contributed by atoms with E-state index in [2.05, 4.69) is 5.32 Å². The fourth-order valence-electron chi connectivity index (χ4n) is 2.67. The number of carbonyl (C=O) groups excluding carboxylic acids is 1. The summed E-state index contributed by atoms with van der Waals surface area (Å²) in [6.45, 7) is 1.92. The molecule has 1 fully saturated rings. The largest absolute Gasteiger partial charge is 0.481 e. The maximum Gasteiger partial charge on any atom is 0.307 e. The third kappa shape index (κ3) is 3.10. The topological polar surface area (TPSA) is 66.4 Å².